The Morgan fingerprint density at radius 3 is 2.48 bits per heavy atom. The quantitative estimate of drug-likeness (QED) is 0.752. The average Bonchev–Trinajstić information content (AvgIpc) is 2.44. The Balaban J connectivity index is 2.43. The second kappa shape index (κ2) is 6.26. The van der Waals surface area contributed by atoms with E-state index in [1.165, 1.54) is 12.1 Å². The highest BCUT2D eigenvalue weighted by Gasteiger charge is 2.24. The molecular formula is C16H10Cl2FNO. The van der Waals surface area contributed by atoms with E-state index in [-0.39, 0.29) is 10.6 Å². The summed E-state index contributed by atoms with van der Waals surface area (Å²) in [4.78, 5) is 12.5. The number of nitriles is 1. The number of carbonyl (C=O) groups is 1. The van der Waals surface area contributed by atoms with Crippen LogP contribution in [-0.4, -0.2) is 5.78 Å². The molecule has 21 heavy (non-hydrogen) atoms. The van der Waals surface area contributed by atoms with Crippen LogP contribution in [0.2, 0.25) is 10.0 Å². The molecule has 0 heterocycles. The third kappa shape index (κ3) is 3.24. The number of ketones is 1. The Labute approximate surface area is 131 Å². The summed E-state index contributed by atoms with van der Waals surface area (Å²) >= 11 is 11.8. The summed E-state index contributed by atoms with van der Waals surface area (Å²) in [6, 6.07) is 10.3. The van der Waals surface area contributed by atoms with Gasteiger partial charge in [-0.15, -0.1) is 0 Å². The topological polar surface area (TPSA) is 40.9 Å². The maximum Gasteiger partial charge on any atom is 0.184 e. The summed E-state index contributed by atoms with van der Waals surface area (Å²) in [5.41, 5.74) is 1.39. The van der Waals surface area contributed by atoms with E-state index in [9.17, 15) is 14.4 Å². The first-order valence-electron chi connectivity index (χ1n) is 6.09. The van der Waals surface area contributed by atoms with Crippen LogP contribution >= 0.6 is 23.2 Å². The molecule has 0 spiro atoms. The van der Waals surface area contributed by atoms with Gasteiger partial charge in [0.15, 0.2) is 5.78 Å². The average molecular weight is 322 g/mol. The highest BCUT2D eigenvalue weighted by Crippen LogP contribution is 2.29. The van der Waals surface area contributed by atoms with Gasteiger partial charge in [0.05, 0.1) is 6.07 Å². The minimum atomic E-state index is -1.08. The van der Waals surface area contributed by atoms with Gasteiger partial charge >= 0.3 is 0 Å². The van der Waals surface area contributed by atoms with Crippen molar-refractivity contribution in [3.8, 4) is 6.07 Å². The van der Waals surface area contributed by atoms with E-state index in [2.05, 4.69) is 0 Å². The normalized spacial score (nSPS) is 11.8. The van der Waals surface area contributed by atoms with E-state index in [0.717, 1.165) is 11.6 Å². The molecule has 106 valence electrons. The molecule has 5 heteroatoms. The molecular weight excluding hydrogens is 312 g/mol. The monoisotopic (exact) mass is 321 g/mol. The van der Waals surface area contributed by atoms with Gasteiger partial charge in [-0.05, 0) is 48.4 Å². The minimum Gasteiger partial charge on any atom is -0.292 e. The number of rotatable bonds is 3. The van der Waals surface area contributed by atoms with Crippen LogP contribution in [0, 0.1) is 24.1 Å². The zero-order valence-corrected chi connectivity index (χ0v) is 12.5. The number of hydrogen-bond acceptors (Lipinski definition) is 2. The number of halogens is 3. The smallest absolute Gasteiger partial charge is 0.184 e. The van der Waals surface area contributed by atoms with Crippen molar-refractivity contribution in [1.29, 1.82) is 5.26 Å². The Bertz CT molecular complexity index is 752. The lowest BCUT2D eigenvalue weighted by Gasteiger charge is -2.11. The van der Waals surface area contributed by atoms with Gasteiger partial charge in [-0.2, -0.15) is 5.26 Å². The largest absolute Gasteiger partial charge is 0.292 e. The molecule has 0 aromatic heterocycles. The highest BCUT2D eigenvalue weighted by molar-refractivity contribution is 6.32. The molecule has 0 aliphatic carbocycles. The molecule has 2 rings (SSSR count). The van der Waals surface area contributed by atoms with Crippen LogP contribution in [0.3, 0.4) is 0 Å². The summed E-state index contributed by atoms with van der Waals surface area (Å²) in [7, 11) is 0. The van der Waals surface area contributed by atoms with E-state index >= 15 is 0 Å². The zero-order chi connectivity index (χ0) is 15.6. The lowest BCUT2D eigenvalue weighted by Crippen LogP contribution is -2.12. The lowest BCUT2D eigenvalue weighted by atomic mass is 9.91. The second-order valence-corrected chi connectivity index (χ2v) is 5.37. The molecule has 1 atom stereocenters. The van der Waals surface area contributed by atoms with Crippen LogP contribution in [0.5, 0.6) is 0 Å². The van der Waals surface area contributed by atoms with Crippen LogP contribution in [0.1, 0.15) is 27.4 Å². The zero-order valence-electron chi connectivity index (χ0n) is 11.0. The van der Waals surface area contributed by atoms with E-state index in [1.54, 1.807) is 25.1 Å². The second-order valence-electron chi connectivity index (χ2n) is 4.56. The third-order valence-electron chi connectivity index (χ3n) is 3.11. The van der Waals surface area contributed by atoms with Gasteiger partial charge in [0, 0.05) is 15.6 Å². The molecule has 0 saturated heterocycles. The van der Waals surface area contributed by atoms with Crippen molar-refractivity contribution in [3.05, 3.63) is 69.0 Å². The molecule has 0 saturated carbocycles. The summed E-state index contributed by atoms with van der Waals surface area (Å²) in [6.07, 6.45) is 0. The standard InChI is InChI=1S/C16H10Cl2FNO/c1-9-6-10(2-5-14(9)17)16(21)13(8-20)12-4-3-11(19)7-15(12)18/h2-7,13H,1H3. The van der Waals surface area contributed by atoms with Crippen molar-refractivity contribution in [2.75, 3.05) is 0 Å². The number of benzene rings is 2. The van der Waals surface area contributed by atoms with Crippen LogP contribution in [-0.2, 0) is 0 Å². The molecule has 2 aromatic rings. The summed E-state index contributed by atoms with van der Waals surface area (Å²) in [5, 5.41) is 9.88. The molecule has 2 nitrogen and oxygen atoms in total. The molecule has 2 aromatic carbocycles. The van der Waals surface area contributed by atoms with E-state index in [4.69, 9.17) is 23.2 Å². The summed E-state index contributed by atoms with van der Waals surface area (Å²) < 4.78 is 13.1. The fourth-order valence-corrected chi connectivity index (χ4v) is 2.36. The predicted molar refractivity (Wildman–Crippen MR) is 80.3 cm³/mol. The first-order chi connectivity index (χ1) is 9.93. The fourth-order valence-electron chi connectivity index (χ4n) is 1.97. The van der Waals surface area contributed by atoms with Gasteiger partial charge in [0.2, 0.25) is 0 Å². The third-order valence-corrected chi connectivity index (χ3v) is 3.86. The van der Waals surface area contributed by atoms with Gasteiger partial charge in [0.1, 0.15) is 11.7 Å². The van der Waals surface area contributed by atoms with Gasteiger partial charge in [0.25, 0.3) is 0 Å². The number of hydrogen-bond donors (Lipinski definition) is 0. The number of nitrogens with zero attached hydrogens (tertiary/aromatic N) is 1. The van der Waals surface area contributed by atoms with Crippen LogP contribution < -0.4 is 0 Å². The van der Waals surface area contributed by atoms with Crippen molar-refractivity contribution in [1.82, 2.24) is 0 Å². The van der Waals surface area contributed by atoms with Gasteiger partial charge in [-0.1, -0.05) is 29.3 Å². The lowest BCUT2D eigenvalue weighted by molar-refractivity contribution is 0.0978. The first kappa shape index (κ1) is 15.5. The van der Waals surface area contributed by atoms with Gasteiger partial charge in [-0.25, -0.2) is 4.39 Å². The van der Waals surface area contributed by atoms with Crippen molar-refractivity contribution in [3.63, 3.8) is 0 Å². The van der Waals surface area contributed by atoms with Gasteiger partial charge < -0.3 is 0 Å². The molecule has 0 bridgehead atoms. The van der Waals surface area contributed by atoms with Crippen molar-refractivity contribution in [2.24, 2.45) is 0 Å². The molecule has 1 unspecified atom stereocenters. The summed E-state index contributed by atoms with van der Waals surface area (Å²) in [6.45, 7) is 1.77. The molecule has 0 amide bonds. The van der Waals surface area contributed by atoms with Crippen LogP contribution in [0.25, 0.3) is 0 Å². The Morgan fingerprint density at radius 2 is 1.90 bits per heavy atom. The van der Waals surface area contributed by atoms with Crippen LogP contribution in [0.4, 0.5) is 4.39 Å². The first-order valence-corrected chi connectivity index (χ1v) is 6.84. The van der Waals surface area contributed by atoms with Crippen molar-refractivity contribution in [2.45, 2.75) is 12.8 Å². The highest BCUT2D eigenvalue weighted by atomic mass is 35.5. The predicted octanol–water partition coefficient (Wildman–Crippen LogP) is 4.93. The Morgan fingerprint density at radius 1 is 1.19 bits per heavy atom. The molecule has 0 aliphatic rings. The Hall–Kier alpha value is -1.89. The van der Waals surface area contributed by atoms with E-state index in [0.29, 0.717) is 10.6 Å². The number of carbonyl (C=O) groups excluding carboxylic acids is 1. The van der Waals surface area contributed by atoms with E-state index in [1.807, 2.05) is 6.07 Å². The SMILES string of the molecule is Cc1cc(C(=O)C(C#N)c2ccc(F)cc2Cl)ccc1Cl. The maximum atomic E-state index is 13.1. The maximum absolute atomic E-state index is 13.1. The van der Waals surface area contributed by atoms with E-state index < -0.39 is 17.5 Å². The van der Waals surface area contributed by atoms with Crippen LogP contribution in [0.15, 0.2) is 36.4 Å². The molecule has 0 fully saturated rings. The Kier molecular flexibility index (Phi) is 4.62. The van der Waals surface area contributed by atoms with Crippen molar-refractivity contribution < 1.29 is 9.18 Å². The minimum absolute atomic E-state index is 0.0561. The molecule has 0 N–H and O–H groups in total. The summed E-state index contributed by atoms with van der Waals surface area (Å²) in [5.74, 6) is -2.00. The fraction of sp³-hybridized carbons (Fsp3) is 0.125. The molecule has 0 aliphatic heterocycles. The number of Topliss-reactive ketones (excluding diaryl/α,β-unsaturated/α-hetero) is 1. The molecule has 0 radical (unpaired) electrons. The van der Waals surface area contributed by atoms with Crippen molar-refractivity contribution >= 4 is 29.0 Å². The van der Waals surface area contributed by atoms with Gasteiger partial charge in [-0.3, -0.25) is 4.79 Å². The number of aryl methyl sites for hydroxylation is 1.